The molecular weight excluding hydrogens is 140 g/mol. The first-order valence-corrected chi connectivity index (χ1v) is 4.40. The highest BCUT2D eigenvalue weighted by Crippen LogP contribution is 2.45. The fourth-order valence-electron chi connectivity index (χ4n) is 1.80. The van der Waals surface area contributed by atoms with Gasteiger partial charge in [-0.15, -0.1) is 0 Å². The average Bonchev–Trinajstić information content (AvgIpc) is 2.49. The second-order valence-corrected chi connectivity index (χ2v) is 4.24. The Morgan fingerprint density at radius 1 is 1.36 bits per heavy atom. The van der Waals surface area contributed by atoms with Gasteiger partial charge in [0.25, 0.3) is 0 Å². The smallest absolute Gasteiger partial charge is 0.163 e. The molecule has 1 heterocycles. The molecule has 0 aromatic heterocycles. The predicted molar refractivity (Wildman–Crippen MR) is 42.2 cm³/mol. The Morgan fingerprint density at radius 3 is 2.36 bits per heavy atom. The Labute approximate surface area is 67.9 Å². The molecule has 1 aliphatic carbocycles. The van der Waals surface area contributed by atoms with E-state index in [1.54, 1.807) is 0 Å². The van der Waals surface area contributed by atoms with Crippen molar-refractivity contribution in [2.45, 2.75) is 39.1 Å². The fourth-order valence-corrected chi connectivity index (χ4v) is 1.80. The quantitative estimate of drug-likeness (QED) is 0.576. The van der Waals surface area contributed by atoms with Gasteiger partial charge in [-0.2, -0.15) is 0 Å². The highest BCUT2D eigenvalue weighted by molar-refractivity contribution is 4.91. The van der Waals surface area contributed by atoms with Crippen LogP contribution in [0.4, 0.5) is 0 Å². The van der Waals surface area contributed by atoms with Gasteiger partial charge in [0.05, 0.1) is 12.7 Å². The lowest BCUT2D eigenvalue weighted by molar-refractivity contribution is -0.140. The molecular formula is C9H16O2. The summed E-state index contributed by atoms with van der Waals surface area (Å²) >= 11 is 0. The van der Waals surface area contributed by atoms with Crippen molar-refractivity contribution >= 4 is 0 Å². The summed E-state index contributed by atoms with van der Waals surface area (Å²) in [6.07, 6.45) is 1.70. The SMILES string of the molecule is CC1CC1[C@H]1COC(C)(C)O1. The zero-order valence-electron chi connectivity index (χ0n) is 7.46. The van der Waals surface area contributed by atoms with Crippen LogP contribution in [0.2, 0.25) is 0 Å². The molecule has 2 unspecified atom stereocenters. The van der Waals surface area contributed by atoms with E-state index in [0.717, 1.165) is 18.4 Å². The van der Waals surface area contributed by atoms with Gasteiger partial charge >= 0.3 is 0 Å². The van der Waals surface area contributed by atoms with Crippen LogP contribution in [0.3, 0.4) is 0 Å². The van der Waals surface area contributed by atoms with Crippen LogP contribution < -0.4 is 0 Å². The van der Waals surface area contributed by atoms with Crippen LogP contribution in [0.15, 0.2) is 0 Å². The molecule has 3 atom stereocenters. The van der Waals surface area contributed by atoms with Crippen molar-refractivity contribution in [3.8, 4) is 0 Å². The highest BCUT2D eigenvalue weighted by Gasteiger charge is 2.46. The van der Waals surface area contributed by atoms with Crippen LogP contribution >= 0.6 is 0 Å². The molecule has 2 aliphatic rings. The van der Waals surface area contributed by atoms with E-state index in [9.17, 15) is 0 Å². The maximum absolute atomic E-state index is 5.72. The van der Waals surface area contributed by atoms with E-state index in [4.69, 9.17) is 9.47 Å². The third kappa shape index (κ3) is 1.42. The first-order valence-electron chi connectivity index (χ1n) is 4.40. The lowest BCUT2D eigenvalue weighted by Gasteiger charge is -2.16. The Bertz CT molecular complexity index is 165. The number of hydrogen-bond acceptors (Lipinski definition) is 2. The van der Waals surface area contributed by atoms with Crippen molar-refractivity contribution in [1.29, 1.82) is 0 Å². The summed E-state index contributed by atoms with van der Waals surface area (Å²) < 4.78 is 11.2. The Morgan fingerprint density at radius 2 is 2.00 bits per heavy atom. The van der Waals surface area contributed by atoms with Crippen LogP contribution in [0.5, 0.6) is 0 Å². The standard InChI is InChI=1S/C9H16O2/c1-6-4-7(6)8-5-10-9(2,3)11-8/h6-8H,4-5H2,1-3H3/t6?,7?,8-/m1/s1. The molecule has 0 bridgehead atoms. The van der Waals surface area contributed by atoms with Crippen LogP contribution in [0.1, 0.15) is 27.2 Å². The summed E-state index contributed by atoms with van der Waals surface area (Å²) in [5.74, 6) is 1.31. The van der Waals surface area contributed by atoms with Gasteiger partial charge in [-0.3, -0.25) is 0 Å². The van der Waals surface area contributed by atoms with Crippen molar-refractivity contribution in [2.24, 2.45) is 11.8 Å². The molecule has 0 aromatic carbocycles. The molecule has 64 valence electrons. The maximum atomic E-state index is 5.72. The molecule has 1 saturated heterocycles. The normalized spacial score (nSPS) is 47.7. The monoisotopic (exact) mass is 156 g/mol. The summed E-state index contributed by atoms with van der Waals surface area (Å²) in [6, 6.07) is 0. The number of rotatable bonds is 1. The molecule has 2 fully saturated rings. The summed E-state index contributed by atoms with van der Waals surface area (Å²) in [5.41, 5.74) is 0. The van der Waals surface area contributed by atoms with Gasteiger partial charge in [0.15, 0.2) is 5.79 Å². The van der Waals surface area contributed by atoms with Gasteiger partial charge in [-0.05, 0) is 32.1 Å². The minimum atomic E-state index is -0.326. The fraction of sp³-hybridized carbons (Fsp3) is 1.00. The van der Waals surface area contributed by atoms with Gasteiger partial charge in [-0.25, -0.2) is 0 Å². The molecule has 11 heavy (non-hydrogen) atoms. The van der Waals surface area contributed by atoms with E-state index in [2.05, 4.69) is 6.92 Å². The van der Waals surface area contributed by atoms with Crippen molar-refractivity contribution in [1.82, 2.24) is 0 Å². The highest BCUT2D eigenvalue weighted by atomic mass is 16.7. The van der Waals surface area contributed by atoms with Gasteiger partial charge in [0, 0.05) is 0 Å². The number of ether oxygens (including phenoxy) is 2. The van der Waals surface area contributed by atoms with Crippen molar-refractivity contribution in [2.75, 3.05) is 6.61 Å². The zero-order chi connectivity index (χ0) is 8.06. The summed E-state index contributed by atoms with van der Waals surface area (Å²) in [4.78, 5) is 0. The van der Waals surface area contributed by atoms with Crippen LogP contribution in [-0.4, -0.2) is 18.5 Å². The zero-order valence-corrected chi connectivity index (χ0v) is 7.46. The van der Waals surface area contributed by atoms with Crippen LogP contribution in [0, 0.1) is 11.8 Å². The summed E-state index contributed by atoms with van der Waals surface area (Å²) in [7, 11) is 0. The second kappa shape index (κ2) is 2.20. The Hall–Kier alpha value is -0.0800. The molecule has 0 spiro atoms. The molecule has 2 heteroatoms. The average molecular weight is 156 g/mol. The third-order valence-electron chi connectivity index (χ3n) is 2.68. The van der Waals surface area contributed by atoms with E-state index in [1.165, 1.54) is 6.42 Å². The van der Waals surface area contributed by atoms with E-state index in [0.29, 0.717) is 6.10 Å². The minimum Gasteiger partial charge on any atom is -0.348 e. The van der Waals surface area contributed by atoms with E-state index in [1.807, 2.05) is 13.8 Å². The lowest BCUT2D eigenvalue weighted by atomic mass is 10.2. The second-order valence-electron chi connectivity index (χ2n) is 4.24. The van der Waals surface area contributed by atoms with Gasteiger partial charge in [0.2, 0.25) is 0 Å². The Kier molecular flexibility index (Phi) is 1.52. The van der Waals surface area contributed by atoms with Crippen molar-refractivity contribution < 1.29 is 9.47 Å². The largest absolute Gasteiger partial charge is 0.348 e. The van der Waals surface area contributed by atoms with E-state index >= 15 is 0 Å². The van der Waals surface area contributed by atoms with Gasteiger partial charge in [0.1, 0.15) is 0 Å². The first-order chi connectivity index (χ1) is 5.08. The maximum Gasteiger partial charge on any atom is 0.163 e. The lowest BCUT2D eigenvalue weighted by Crippen LogP contribution is -2.22. The summed E-state index contributed by atoms with van der Waals surface area (Å²) in [6.45, 7) is 7.04. The molecule has 0 N–H and O–H groups in total. The third-order valence-corrected chi connectivity index (χ3v) is 2.68. The van der Waals surface area contributed by atoms with Gasteiger partial charge < -0.3 is 9.47 Å². The Balaban J connectivity index is 1.90. The van der Waals surface area contributed by atoms with Gasteiger partial charge in [-0.1, -0.05) is 6.92 Å². The predicted octanol–water partition coefficient (Wildman–Crippen LogP) is 1.79. The molecule has 0 aromatic rings. The molecule has 2 rings (SSSR count). The first kappa shape index (κ1) is 7.56. The van der Waals surface area contributed by atoms with Crippen molar-refractivity contribution in [3.63, 3.8) is 0 Å². The topological polar surface area (TPSA) is 18.5 Å². The molecule has 2 nitrogen and oxygen atoms in total. The van der Waals surface area contributed by atoms with Crippen LogP contribution in [-0.2, 0) is 9.47 Å². The van der Waals surface area contributed by atoms with E-state index in [-0.39, 0.29) is 5.79 Å². The van der Waals surface area contributed by atoms with E-state index < -0.39 is 0 Å². The van der Waals surface area contributed by atoms with Crippen molar-refractivity contribution in [3.05, 3.63) is 0 Å². The van der Waals surface area contributed by atoms with Crippen LogP contribution in [0.25, 0.3) is 0 Å². The molecule has 0 amide bonds. The molecule has 0 radical (unpaired) electrons. The molecule has 1 aliphatic heterocycles. The summed E-state index contributed by atoms with van der Waals surface area (Å²) in [5, 5.41) is 0. The minimum absolute atomic E-state index is 0.326. The number of hydrogen-bond donors (Lipinski definition) is 0. The molecule has 1 saturated carbocycles.